The van der Waals surface area contributed by atoms with Gasteiger partial charge in [-0.2, -0.15) is 0 Å². The molecular formula is C33H53BrO3. The minimum absolute atomic E-state index is 0.0207. The number of aliphatic hydroxyl groups excluding tert-OH is 1. The summed E-state index contributed by atoms with van der Waals surface area (Å²) in [4.78, 5) is 13.9. The number of aliphatic hydroxyl groups is 1. The van der Waals surface area contributed by atoms with Gasteiger partial charge in [0.05, 0.1) is 18.1 Å². The Balaban J connectivity index is 1.56. The fourth-order valence-electron chi connectivity index (χ4n) is 11.2. The minimum atomic E-state index is -0.342. The number of rotatable bonds is 4. The lowest BCUT2D eigenvalue weighted by molar-refractivity contribution is -0.207. The van der Waals surface area contributed by atoms with Crippen LogP contribution in [0.5, 0.6) is 0 Å². The molecule has 5 rings (SSSR count). The second-order valence-corrected chi connectivity index (χ2v) is 16.2. The van der Waals surface area contributed by atoms with Gasteiger partial charge in [0.25, 0.3) is 0 Å². The lowest BCUT2D eigenvalue weighted by Crippen LogP contribution is -2.65. The van der Waals surface area contributed by atoms with Crippen molar-refractivity contribution in [3.8, 4) is 0 Å². The molecule has 0 unspecified atom stereocenters. The first-order valence-corrected chi connectivity index (χ1v) is 16.5. The van der Waals surface area contributed by atoms with Crippen LogP contribution in [0.25, 0.3) is 0 Å². The number of carbonyl (C=O) groups is 1. The number of carbonyl (C=O) groups excluding carboxylic acids is 1. The highest BCUT2D eigenvalue weighted by Crippen LogP contribution is 2.75. The summed E-state index contributed by atoms with van der Waals surface area (Å²) in [6, 6.07) is 0. The molecular weight excluding hydrogens is 524 g/mol. The van der Waals surface area contributed by atoms with Crippen LogP contribution in [0.2, 0.25) is 0 Å². The average Bonchev–Trinajstić information content (AvgIpc) is 2.84. The third-order valence-corrected chi connectivity index (χ3v) is 14.4. The van der Waals surface area contributed by atoms with Crippen LogP contribution < -0.4 is 0 Å². The smallest absolute Gasteiger partial charge is 0.312 e. The zero-order valence-electron chi connectivity index (χ0n) is 24.7. The third-order valence-electron chi connectivity index (χ3n) is 13.9. The molecule has 0 heterocycles. The van der Waals surface area contributed by atoms with E-state index in [9.17, 15) is 9.90 Å². The Morgan fingerprint density at radius 3 is 2.43 bits per heavy atom. The van der Waals surface area contributed by atoms with E-state index in [0.29, 0.717) is 36.2 Å². The fourth-order valence-corrected chi connectivity index (χ4v) is 11.4. The van der Waals surface area contributed by atoms with E-state index in [1.54, 1.807) is 5.57 Å². The molecule has 0 radical (unpaired) electrons. The molecule has 4 heteroatoms. The second kappa shape index (κ2) is 9.35. The van der Waals surface area contributed by atoms with E-state index in [0.717, 1.165) is 56.7 Å². The predicted molar refractivity (Wildman–Crippen MR) is 154 cm³/mol. The summed E-state index contributed by atoms with van der Waals surface area (Å²) in [6.45, 7) is 17.8. The van der Waals surface area contributed by atoms with Crippen LogP contribution in [0.3, 0.4) is 0 Å². The number of hydrogen-bond acceptors (Lipinski definition) is 3. The standard InChI is InChI=1S/C33H53BrO3/c1-21-11-16-33(28(36)37-20-8-19-34)18-17-31(6)23(27(33)22(21)2)9-10-25-30(5)14-13-26(35)29(3,4)24(30)12-15-32(25,31)7/h9,21-22,24-27,35H,8,10-20H2,1-7H3/t21-,22+,24+,25-,26+,27+,30+,31-,32-,33+/m1/s1. The van der Waals surface area contributed by atoms with Gasteiger partial charge in [0.1, 0.15) is 0 Å². The highest BCUT2D eigenvalue weighted by atomic mass is 79.9. The quantitative estimate of drug-likeness (QED) is 0.158. The van der Waals surface area contributed by atoms with Gasteiger partial charge >= 0.3 is 5.97 Å². The molecule has 10 atom stereocenters. The Morgan fingerprint density at radius 1 is 1.00 bits per heavy atom. The van der Waals surface area contributed by atoms with Crippen molar-refractivity contribution in [2.75, 3.05) is 11.9 Å². The minimum Gasteiger partial charge on any atom is -0.465 e. The molecule has 4 fully saturated rings. The Labute approximate surface area is 235 Å². The van der Waals surface area contributed by atoms with Gasteiger partial charge in [0.2, 0.25) is 0 Å². The molecule has 0 aromatic rings. The van der Waals surface area contributed by atoms with E-state index in [-0.39, 0.29) is 39.1 Å². The molecule has 0 bridgehead atoms. The molecule has 0 spiro atoms. The lowest BCUT2D eigenvalue weighted by atomic mass is 9.33. The fraction of sp³-hybridized carbons (Fsp3) is 0.909. The largest absolute Gasteiger partial charge is 0.465 e. The van der Waals surface area contributed by atoms with Gasteiger partial charge in [-0.05, 0) is 115 Å². The van der Waals surface area contributed by atoms with Crippen LogP contribution in [0.1, 0.15) is 113 Å². The number of alkyl halides is 1. The van der Waals surface area contributed by atoms with Crippen LogP contribution >= 0.6 is 15.9 Å². The van der Waals surface area contributed by atoms with Crippen LogP contribution in [0, 0.1) is 56.7 Å². The summed E-state index contributed by atoms with van der Waals surface area (Å²) in [5, 5.41) is 11.8. The first-order chi connectivity index (χ1) is 17.3. The number of allylic oxidation sites excluding steroid dienone is 2. The highest BCUT2D eigenvalue weighted by Gasteiger charge is 2.69. The lowest BCUT2D eigenvalue weighted by Gasteiger charge is -2.71. The van der Waals surface area contributed by atoms with Gasteiger partial charge in [-0.15, -0.1) is 0 Å². The van der Waals surface area contributed by atoms with E-state index in [2.05, 4.69) is 70.5 Å². The monoisotopic (exact) mass is 576 g/mol. The van der Waals surface area contributed by atoms with E-state index >= 15 is 0 Å². The Hall–Kier alpha value is -0.350. The average molecular weight is 578 g/mol. The zero-order valence-corrected chi connectivity index (χ0v) is 26.3. The van der Waals surface area contributed by atoms with Crippen LogP contribution in [0.15, 0.2) is 11.6 Å². The first-order valence-electron chi connectivity index (χ1n) is 15.4. The van der Waals surface area contributed by atoms with E-state index < -0.39 is 0 Å². The molecule has 0 saturated heterocycles. The molecule has 1 N–H and O–H groups in total. The van der Waals surface area contributed by atoms with Crippen molar-refractivity contribution in [3.63, 3.8) is 0 Å². The zero-order chi connectivity index (χ0) is 27.0. The van der Waals surface area contributed by atoms with Crippen molar-refractivity contribution >= 4 is 21.9 Å². The summed E-state index contributed by atoms with van der Waals surface area (Å²) < 4.78 is 6.01. The van der Waals surface area contributed by atoms with E-state index in [1.807, 2.05) is 0 Å². The number of hydrogen-bond donors (Lipinski definition) is 1. The van der Waals surface area contributed by atoms with Gasteiger partial charge in [0, 0.05) is 5.33 Å². The van der Waals surface area contributed by atoms with Crippen molar-refractivity contribution in [1.82, 2.24) is 0 Å². The van der Waals surface area contributed by atoms with E-state index in [1.165, 1.54) is 12.8 Å². The van der Waals surface area contributed by atoms with Crippen LogP contribution in [-0.2, 0) is 9.53 Å². The molecule has 210 valence electrons. The van der Waals surface area contributed by atoms with Gasteiger partial charge in [-0.1, -0.05) is 76.0 Å². The first kappa shape index (κ1) is 28.2. The molecule has 37 heavy (non-hydrogen) atoms. The summed E-state index contributed by atoms with van der Waals surface area (Å²) >= 11 is 3.50. The maximum Gasteiger partial charge on any atom is 0.312 e. The van der Waals surface area contributed by atoms with Crippen molar-refractivity contribution in [2.24, 2.45) is 56.7 Å². The normalized spacial score (nSPS) is 50.6. The van der Waals surface area contributed by atoms with Gasteiger partial charge in [-0.3, -0.25) is 4.79 Å². The molecule has 0 aliphatic heterocycles. The Kier molecular flexibility index (Phi) is 7.13. The maximum absolute atomic E-state index is 13.9. The predicted octanol–water partition coefficient (Wildman–Crippen LogP) is 8.33. The second-order valence-electron chi connectivity index (χ2n) is 15.4. The van der Waals surface area contributed by atoms with Crippen LogP contribution in [-0.4, -0.2) is 29.1 Å². The van der Waals surface area contributed by atoms with Gasteiger partial charge < -0.3 is 9.84 Å². The number of ether oxygens (including phenoxy) is 1. The molecule has 0 aromatic heterocycles. The molecule has 5 aliphatic carbocycles. The Morgan fingerprint density at radius 2 is 1.73 bits per heavy atom. The molecule has 3 nitrogen and oxygen atoms in total. The van der Waals surface area contributed by atoms with Crippen molar-refractivity contribution in [3.05, 3.63) is 11.6 Å². The van der Waals surface area contributed by atoms with E-state index in [4.69, 9.17) is 4.74 Å². The highest BCUT2D eigenvalue weighted by molar-refractivity contribution is 9.09. The third kappa shape index (κ3) is 3.76. The SMILES string of the molecule is C[C@H]1[C@H](C)CC[C@]2(C(=O)OCCCBr)CC[C@]3(C)C(=CC[C@@H]4[C@@]5(C)CC[C@H](O)C(C)(C)[C@@H]5CC[C@]43C)[C@H]12. The molecule has 0 aromatic carbocycles. The molecule has 5 aliphatic rings. The summed E-state index contributed by atoms with van der Waals surface area (Å²) in [5.74, 6) is 2.73. The van der Waals surface area contributed by atoms with Gasteiger partial charge in [0.15, 0.2) is 0 Å². The van der Waals surface area contributed by atoms with Crippen molar-refractivity contribution < 1.29 is 14.6 Å². The summed E-state index contributed by atoms with van der Waals surface area (Å²) in [6.07, 6.45) is 13.2. The Bertz CT molecular complexity index is 942. The van der Waals surface area contributed by atoms with Crippen LogP contribution in [0.4, 0.5) is 0 Å². The molecule has 0 amide bonds. The maximum atomic E-state index is 13.9. The number of halogens is 1. The van der Waals surface area contributed by atoms with Crippen molar-refractivity contribution in [1.29, 1.82) is 0 Å². The number of fused-ring (bicyclic) bond motifs is 7. The van der Waals surface area contributed by atoms with Gasteiger partial charge in [-0.25, -0.2) is 0 Å². The molecule has 4 saturated carbocycles. The summed E-state index contributed by atoms with van der Waals surface area (Å²) in [5.41, 5.74) is 1.87. The topological polar surface area (TPSA) is 46.5 Å². The summed E-state index contributed by atoms with van der Waals surface area (Å²) in [7, 11) is 0. The van der Waals surface area contributed by atoms with Crippen molar-refractivity contribution in [2.45, 2.75) is 119 Å². The number of esters is 1.